The van der Waals surface area contributed by atoms with Crippen LogP contribution in [-0.2, 0) is 4.79 Å². The van der Waals surface area contributed by atoms with Crippen LogP contribution in [0.25, 0.3) is 11.1 Å². The molecule has 20 heavy (non-hydrogen) atoms. The molecule has 1 heterocycles. The van der Waals surface area contributed by atoms with Crippen molar-refractivity contribution in [1.29, 1.82) is 0 Å². The van der Waals surface area contributed by atoms with Gasteiger partial charge in [0.1, 0.15) is 0 Å². The molecule has 6 nitrogen and oxygen atoms in total. The summed E-state index contributed by atoms with van der Waals surface area (Å²) in [4.78, 5) is 22.4. The molecule has 0 radical (unpaired) electrons. The molecule has 1 amide bonds. The summed E-state index contributed by atoms with van der Waals surface area (Å²) in [6.07, 6.45) is -0.265. The van der Waals surface area contributed by atoms with Crippen LogP contribution in [0, 0.1) is 0 Å². The van der Waals surface area contributed by atoms with Crippen molar-refractivity contribution >= 4 is 11.9 Å². The third kappa shape index (κ3) is 3.04. The molecule has 0 unspecified atom stereocenters. The number of amides is 1. The molecule has 0 saturated heterocycles. The Labute approximate surface area is 114 Å². The minimum atomic E-state index is -1.64. The van der Waals surface area contributed by atoms with Crippen molar-refractivity contribution in [1.82, 2.24) is 5.32 Å². The van der Waals surface area contributed by atoms with Gasteiger partial charge in [0.05, 0.1) is 12.8 Å². The van der Waals surface area contributed by atoms with E-state index in [1.54, 1.807) is 6.07 Å². The number of aliphatic hydroxyl groups excluding tert-OH is 1. The van der Waals surface area contributed by atoms with Crippen LogP contribution in [0.4, 0.5) is 0 Å². The van der Waals surface area contributed by atoms with E-state index in [1.807, 2.05) is 30.3 Å². The van der Waals surface area contributed by atoms with Gasteiger partial charge in [-0.15, -0.1) is 0 Å². The molecule has 0 spiro atoms. The summed E-state index contributed by atoms with van der Waals surface area (Å²) in [5.41, 5.74) is 1.41. The number of carbonyl (C=O) groups is 2. The van der Waals surface area contributed by atoms with Crippen molar-refractivity contribution in [2.24, 2.45) is 0 Å². The van der Waals surface area contributed by atoms with E-state index in [1.165, 1.54) is 6.26 Å². The summed E-state index contributed by atoms with van der Waals surface area (Å²) >= 11 is 0. The normalized spacial score (nSPS) is 11.8. The van der Waals surface area contributed by atoms with Crippen molar-refractivity contribution in [2.75, 3.05) is 6.54 Å². The molecule has 0 bridgehead atoms. The molecular formula is C14H13NO5. The zero-order valence-electron chi connectivity index (χ0n) is 10.4. The Morgan fingerprint density at radius 1 is 1.20 bits per heavy atom. The van der Waals surface area contributed by atoms with Crippen molar-refractivity contribution < 1.29 is 24.2 Å². The molecular weight excluding hydrogens is 262 g/mol. The van der Waals surface area contributed by atoms with Gasteiger partial charge in [-0.3, -0.25) is 4.79 Å². The molecule has 0 aliphatic heterocycles. The second-order valence-corrected chi connectivity index (χ2v) is 4.09. The molecule has 104 valence electrons. The summed E-state index contributed by atoms with van der Waals surface area (Å²) < 4.78 is 5.13. The van der Waals surface area contributed by atoms with Crippen molar-refractivity contribution in [3.63, 3.8) is 0 Å². The van der Waals surface area contributed by atoms with Gasteiger partial charge in [0.2, 0.25) is 0 Å². The average molecular weight is 275 g/mol. The highest BCUT2D eigenvalue weighted by molar-refractivity contribution is 5.98. The minimum Gasteiger partial charge on any atom is -0.479 e. The van der Waals surface area contributed by atoms with Gasteiger partial charge in [-0.1, -0.05) is 30.3 Å². The third-order valence-electron chi connectivity index (χ3n) is 2.70. The fourth-order valence-corrected chi connectivity index (χ4v) is 1.69. The smallest absolute Gasteiger partial charge is 0.334 e. The maximum absolute atomic E-state index is 11.9. The highest BCUT2D eigenvalue weighted by Gasteiger charge is 2.19. The number of hydrogen-bond donors (Lipinski definition) is 3. The second kappa shape index (κ2) is 6.03. The molecule has 1 aromatic heterocycles. The zero-order chi connectivity index (χ0) is 14.5. The molecule has 0 fully saturated rings. The quantitative estimate of drug-likeness (QED) is 0.759. The highest BCUT2D eigenvalue weighted by atomic mass is 16.4. The molecule has 0 aliphatic rings. The molecule has 0 saturated carbocycles. The lowest BCUT2D eigenvalue weighted by atomic mass is 10.1. The Kier molecular flexibility index (Phi) is 4.17. The van der Waals surface area contributed by atoms with Gasteiger partial charge in [-0.2, -0.15) is 0 Å². The molecule has 2 aromatic rings. The molecule has 6 heteroatoms. The number of carboxylic acid groups (broad SMARTS) is 1. The second-order valence-electron chi connectivity index (χ2n) is 4.09. The number of aliphatic carboxylic acids is 1. The summed E-state index contributed by atoms with van der Waals surface area (Å²) in [5.74, 6) is -1.89. The molecule has 2 rings (SSSR count). The Morgan fingerprint density at radius 3 is 2.55 bits per heavy atom. The summed E-state index contributed by atoms with van der Waals surface area (Å²) in [6, 6.07) is 10.8. The van der Waals surface area contributed by atoms with Gasteiger partial charge < -0.3 is 19.9 Å². The van der Waals surface area contributed by atoms with Gasteiger partial charge in [-0.05, 0) is 11.6 Å². The fraction of sp³-hybridized carbons (Fsp3) is 0.143. The van der Waals surface area contributed by atoms with E-state index in [-0.39, 0.29) is 12.3 Å². The van der Waals surface area contributed by atoms with E-state index >= 15 is 0 Å². The van der Waals surface area contributed by atoms with E-state index in [0.717, 1.165) is 5.56 Å². The number of carbonyl (C=O) groups excluding carboxylic acids is 1. The van der Waals surface area contributed by atoms with Gasteiger partial charge in [0, 0.05) is 5.56 Å². The monoisotopic (exact) mass is 275 g/mol. The van der Waals surface area contributed by atoms with Crippen LogP contribution in [0.1, 0.15) is 10.6 Å². The summed E-state index contributed by atoms with van der Waals surface area (Å²) in [7, 11) is 0. The van der Waals surface area contributed by atoms with E-state index in [4.69, 9.17) is 14.6 Å². The van der Waals surface area contributed by atoms with E-state index in [2.05, 4.69) is 5.32 Å². The number of aliphatic hydroxyl groups is 1. The van der Waals surface area contributed by atoms with E-state index in [9.17, 15) is 9.59 Å². The zero-order valence-corrected chi connectivity index (χ0v) is 10.4. The number of hydrogen-bond acceptors (Lipinski definition) is 4. The van der Waals surface area contributed by atoms with Gasteiger partial charge in [0.15, 0.2) is 11.9 Å². The maximum Gasteiger partial charge on any atom is 0.334 e. The first-order valence-electron chi connectivity index (χ1n) is 5.91. The number of rotatable bonds is 5. The average Bonchev–Trinajstić information content (AvgIpc) is 2.94. The van der Waals surface area contributed by atoms with Gasteiger partial charge in [-0.25, -0.2) is 4.79 Å². The lowest BCUT2D eigenvalue weighted by Gasteiger charge is -2.07. The van der Waals surface area contributed by atoms with Gasteiger partial charge in [0.25, 0.3) is 5.91 Å². The van der Waals surface area contributed by atoms with Crippen LogP contribution in [0.15, 0.2) is 47.1 Å². The molecule has 0 aliphatic carbocycles. The Hall–Kier alpha value is -2.60. The van der Waals surface area contributed by atoms with Crippen LogP contribution in [0.5, 0.6) is 0 Å². The van der Waals surface area contributed by atoms with Crippen molar-refractivity contribution in [3.05, 3.63) is 48.4 Å². The first-order chi connectivity index (χ1) is 9.59. The maximum atomic E-state index is 11.9. The molecule has 3 N–H and O–H groups in total. The lowest BCUT2D eigenvalue weighted by molar-refractivity contribution is -0.146. The Bertz CT molecular complexity index is 605. The molecule has 1 atom stereocenters. The summed E-state index contributed by atoms with van der Waals surface area (Å²) in [6.45, 7) is -0.386. The predicted octanol–water partition coefficient (Wildman–Crippen LogP) is 1.12. The highest BCUT2D eigenvalue weighted by Crippen LogP contribution is 2.24. The topological polar surface area (TPSA) is 99.8 Å². The van der Waals surface area contributed by atoms with Crippen LogP contribution in [0.2, 0.25) is 0 Å². The Balaban J connectivity index is 2.12. The largest absolute Gasteiger partial charge is 0.479 e. The SMILES string of the molecule is O=C(NC[C@H](O)C(=O)O)c1occc1-c1ccccc1. The predicted molar refractivity (Wildman–Crippen MR) is 70.1 cm³/mol. The van der Waals surface area contributed by atoms with Crippen LogP contribution in [-0.4, -0.2) is 34.7 Å². The van der Waals surface area contributed by atoms with Crippen molar-refractivity contribution in [3.8, 4) is 11.1 Å². The van der Waals surface area contributed by atoms with Crippen LogP contribution >= 0.6 is 0 Å². The Morgan fingerprint density at radius 2 is 1.90 bits per heavy atom. The summed E-state index contributed by atoms with van der Waals surface area (Å²) in [5, 5.41) is 20.0. The fourth-order valence-electron chi connectivity index (χ4n) is 1.69. The first kappa shape index (κ1) is 13.8. The van der Waals surface area contributed by atoms with Crippen LogP contribution < -0.4 is 5.32 Å². The molecule has 1 aromatic carbocycles. The van der Waals surface area contributed by atoms with E-state index in [0.29, 0.717) is 5.56 Å². The van der Waals surface area contributed by atoms with Crippen molar-refractivity contribution in [2.45, 2.75) is 6.10 Å². The lowest BCUT2D eigenvalue weighted by Crippen LogP contribution is -2.36. The first-order valence-corrected chi connectivity index (χ1v) is 5.91. The number of furan rings is 1. The van der Waals surface area contributed by atoms with Gasteiger partial charge >= 0.3 is 5.97 Å². The minimum absolute atomic E-state index is 0.0776. The third-order valence-corrected chi connectivity index (χ3v) is 2.70. The number of carboxylic acids is 1. The van der Waals surface area contributed by atoms with E-state index < -0.39 is 18.0 Å². The number of benzene rings is 1. The number of nitrogens with one attached hydrogen (secondary N) is 1. The van der Waals surface area contributed by atoms with Crippen LogP contribution in [0.3, 0.4) is 0 Å². The standard InChI is InChI=1S/C14H13NO5/c16-11(14(18)19)8-15-13(17)12-10(6-7-20-12)9-4-2-1-3-5-9/h1-7,11,16H,8H2,(H,15,17)(H,18,19)/t11-/m0/s1.